The fourth-order valence-electron chi connectivity index (χ4n) is 1.83. The number of nitro groups is 1. The molecule has 0 atom stereocenters. The van der Waals surface area contributed by atoms with E-state index >= 15 is 0 Å². The molecule has 114 valence electrons. The van der Waals surface area contributed by atoms with Crippen LogP contribution >= 0.6 is 0 Å². The highest BCUT2D eigenvalue weighted by molar-refractivity contribution is 5.91. The second kappa shape index (κ2) is 7.08. The van der Waals surface area contributed by atoms with Crippen LogP contribution in [0.25, 0.3) is 0 Å². The van der Waals surface area contributed by atoms with Crippen LogP contribution in [0.5, 0.6) is 5.75 Å². The summed E-state index contributed by atoms with van der Waals surface area (Å²) in [6, 6.07) is 2.99. The zero-order valence-corrected chi connectivity index (χ0v) is 11.3. The minimum atomic E-state index is -1.33. The molecule has 9 heteroatoms. The predicted molar refractivity (Wildman–Crippen MR) is 73.4 cm³/mol. The highest BCUT2D eigenvalue weighted by atomic mass is 16.6. The van der Waals surface area contributed by atoms with E-state index in [1.54, 1.807) is 6.07 Å². The van der Waals surface area contributed by atoms with Gasteiger partial charge in [-0.15, -0.1) is 0 Å². The molecule has 0 spiro atoms. The number of carboxylic acid groups (broad SMARTS) is 1. The molecular formula is C12H15N3O6. The monoisotopic (exact) mass is 297 g/mol. The van der Waals surface area contributed by atoms with Gasteiger partial charge < -0.3 is 20.9 Å². The van der Waals surface area contributed by atoms with Crippen LogP contribution in [0.4, 0.5) is 16.2 Å². The Balaban J connectivity index is 0.000000491. The first kappa shape index (κ1) is 16.2. The number of rotatable bonds is 2. The quantitative estimate of drug-likeness (QED) is 0.557. The number of nitrogens with two attached hydrogens (primary N) is 1. The summed E-state index contributed by atoms with van der Waals surface area (Å²) in [5.41, 5.74) is 5.01. The average Bonchev–Trinajstić information content (AvgIpc) is 2.36. The van der Waals surface area contributed by atoms with Gasteiger partial charge in [-0.2, -0.15) is 0 Å². The van der Waals surface area contributed by atoms with Gasteiger partial charge in [0.1, 0.15) is 11.4 Å². The van der Waals surface area contributed by atoms with Crippen molar-refractivity contribution in [3.05, 3.63) is 27.8 Å². The molecule has 2 rings (SSSR count). The highest BCUT2D eigenvalue weighted by Gasteiger charge is 2.21. The van der Waals surface area contributed by atoms with E-state index in [0.29, 0.717) is 12.4 Å². The predicted octanol–water partition coefficient (Wildman–Crippen LogP) is 1.50. The summed E-state index contributed by atoms with van der Waals surface area (Å²) in [5, 5.41) is 20.6. The molecule has 1 aromatic rings. The molecule has 0 radical (unpaired) electrons. The number of primary amides is 1. The van der Waals surface area contributed by atoms with Crippen molar-refractivity contribution < 1.29 is 24.4 Å². The lowest BCUT2D eigenvalue weighted by molar-refractivity contribution is -0.384. The number of hydrogen-bond donors (Lipinski definition) is 3. The second-order valence-corrected chi connectivity index (χ2v) is 4.21. The third-order valence-electron chi connectivity index (χ3n) is 2.53. The van der Waals surface area contributed by atoms with E-state index in [-0.39, 0.29) is 17.3 Å². The van der Waals surface area contributed by atoms with Gasteiger partial charge in [0.2, 0.25) is 5.91 Å². The maximum atomic E-state index is 11.0. The van der Waals surface area contributed by atoms with Gasteiger partial charge in [0.25, 0.3) is 5.69 Å². The van der Waals surface area contributed by atoms with E-state index in [9.17, 15) is 14.9 Å². The topological polar surface area (TPSA) is 145 Å². The number of benzene rings is 1. The van der Waals surface area contributed by atoms with Crippen LogP contribution in [0.2, 0.25) is 0 Å². The summed E-state index contributed by atoms with van der Waals surface area (Å²) in [7, 11) is 0. The van der Waals surface area contributed by atoms with Crippen LogP contribution in [0, 0.1) is 10.1 Å². The van der Waals surface area contributed by atoms with Crippen molar-refractivity contribution in [3.63, 3.8) is 0 Å². The Morgan fingerprint density at radius 1 is 1.48 bits per heavy atom. The molecule has 2 amide bonds. The Morgan fingerprint density at radius 2 is 2.10 bits per heavy atom. The first-order valence-corrected chi connectivity index (χ1v) is 6.01. The fourth-order valence-corrected chi connectivity index (χ4v) is 1.83. The van der Waals surface area contributed by atoms with Crippen LogP contribution < -0.4 is 15.8 Å². The Labute approximate surface area is 119 Å². The maximum Gasteiger partial charge on any atom is 0.402 e. The molecule has 1 aliphatic heterocycles. The summed E-state index contributed by atoms with van der Waals surface area (Å²) in [4.78, 5) is 30.1. The maximum absolute atomic E-state index is 11.0. The minimum absolute atomic E-state index is 0.138. The van der Waals surface area contributed by atoms with Gasteiger partial charge in [-0.1, -0.05) is 0 Å². The lowest BCUT2D eigenvalue weighted by atomic mass is 10.0. The lowest BCUT2D eigenvalue weighted by Gasteiger charge is -2.18. The molecule has 1 heterocycles. The highest BCUT2D eigenvalue weighted by Crippen LogP contribution is 2.35. The van der Waals surface area contributed by atoms with Crippen molar-refractivity contribution in [1.82, 2.24) is 0 Å². The van der Waals surface area contributed by atoms with Gasteiger partial charge in [-0.3, -0.25) is 14.9 Å². The number of aryl methyl sites for hydroxylation is 1. The largest absolute Gasteiger partial charge is 0.493 e. The van der Waals surface area contributed by atoms with E-state index < -0.39 is 11.0 Å². The van der Waals surface area contributed by atoms with E-state index in [1.165, 1.54) is 13.0 Å². The van der Waals surface area contributed by atoms with Crippen molar-refractivity contribution in [2.75, 3.05) is 11.9 Å². The zero-order valence-electron chi connectivity index (χ0n) is 11.3. The molecule has 0 fully saturated rings. The molecule has 0 aromatic heterocycles. The van der Waals surface area contributed by atoms with Gasteiger partial charge >= 0.3 is 6.09 Å². The number of carbonyl (C=O) groups is 2. The Kier molecular flexibility index (Phi) is 5.47. The number of ether oxygens (including phenoxy) is 1. The normalized spacial score (nSPS) is 12.0. The van der Waals surface area contributed by atoms with Crippen molar-refractivity contribution in [2.45, 2.75) is 19.8 Å². The fraction of sp³-hybridized carbons (Fsp3) is 0.333. The summed E-state index contributed by atoms with van der Waals surface area (Å²) in [5.74, 6) is 0.210. The number of carbonyl (C=O) groups excluding carboxylic acids is 1. The Hall–Kier alpha value is -2.84. The van der Waals surface area contributed by atoms with Gasteiger partial charge in [-0.25, -0.2) is 4.79 Å². The van der Waals surface area contributed by atoms with Crippen LogP contribution in [0.1, 0.15) is 18.9 Å². The lowest BCUT2D eigenvalue weighted by Crippen LogP contribution is -2.12. The molecule has 1 aromatic carbocycles. The van der Waals surface area contributed by atoms with E-state index in [4.69, 9.17) is 14.6 Å². The Bertz CT molecular complexity index is 568. The third kappa shape index (κ3) is 4.97. The molecule has 0 aliphatic carbocycles. The van der Waals surface area contributed by atoms with Gasteiger partial charge in [0.15, 0.2) is 0 Å². The number of nitro benzene ring substituents is 1. The van der Waals surface area contributed by atoms with Crippen molar-refractivity contribution >= 4 is 23.4 Å². The van der Waals surface area contributed by atoms with Gasteiger partial charge in [-0.05, 0) is 24.5 Å². The summed E-state index contributed by atoms with van der Waals surface area (Å²) < 4.78 is 5.36. The van der Waals surface area contributed by atoms with E-state index in [0.717, 1.165) is 18.4 Å². The number of nitrogens with zero attached hydrogens (tertiary/aromatic N) is 1. The molecule has 0 bridgehead atoms. The van der Waals surface area contributed by atoms with Crippen molar-refractivity contribution in [2.24, 2.45) is 5.73 Å². The van der Waals surface area contributed by atoms with E-state index in [2.05, 4.69) is 11.1 Å². The number of anilines is 1. The zero-order chi connectivity index (χ0) is 16.0. The van der Waals surface area contributed by atoms with Crippen LogP contribution in [0.3, 0.4) is 0 Å². The molecule has 1 aliphatic rings. The van der Waals surface area contributed by atoms with Crippen molar-refractivity contribution in [1.29, 1.82) is 0 Å². The molecule has 0 saturated carbocycles. The first-order valence-electron chi connectivity index (χ1n) is 6.01. The number of fused-ring (bicyclic) bond motifs is 1. The van der Waals surface area contributed by atoms with E-state index in [1.807, 2.05) is 0 Å². The Morgan fingerprint density at radius 3 is 2.62 bits per heavy atom. The van der Waals surface area contributed by atoms with Crippen LogP contribution in [-0.4, -0.2) is 28.6 Å². The van der Waals surface area contributed by atoms with Crippen molar-refractivity contribution in [3.8, 4) is 5.75 Å². The first-order chi connectivity index (χ1) is 9.81. The molecule has 0 saturated heterocycles. The summed E-state index contributed by atoms with van der Waals surface area (Å²) in [6.45, 7) is 1.89. The molecule has 21 heavy (non-hydrogen) atoms. The molecule has 0 unspecified atom stereocenters. The molecule has 4 N–H and O–H groups in total. The summed E-state index contributed by atoms with van der Waals surface area (Å²) in [6.07, 6.45) is 0.351. The third-order valence-corrected chi connectivity index (χ3v) is 2.53. The minimum Gasteiger partial charge on any atom is -0.493 e. The number of nitrogens with one attached hydrogen (secondary N) is 1. The van der Waals surface area contributed by atoms with Crippen LogP contribution in [-0.2, 0) is 11.2 Å². The number of amides is 2. The smallest absolute Gasteiger partial charge is 0.402 e. The van der Waals surface area contributed by atoms with Gasteiger partial charge in [0.05, 0.1) is 17.6 Å². The number of hydrogen-bond acceptors (Lipinski definition) is 5. The second-order valence-electron chi connectivity index (χ2n) is 4.21. The van der Waals surface area contributed by atoms with Crippen LogP contribution in [0.15, 0.2) is 12.1 Å². The molecule has 9 nitrogen and oxygen atoms in total. The summed E-state index contributed by atoms with van der Waals surface area (Å²) >= 11 is 0. The SMILES string of the molecule is CC(=O)Nc1cc2c(cc1[N+](=O)[O-])OCCC2.NC(=O)O. The standard InChI is InChI=1S/C11H12N2O4.CH3NO2/c1-7(14)12-9-5-8-3-2-4-17-11(8)6-10(9)13(15)16;2-1(3)4/h5-6H,2-4H2,1H3,(H,12,14);2H2,(H,3,4). The molecular weight excluding hydrogens is 282 g/mol. The average molecular weight is 297 g/mol. The van der Waals surface area contributed by atoms with Gasteiger partial charge in [0, 0.05) is 6.92 Å².